The van der Waals surface area contributed by atoms with E-state index in [-0.39, 0.29) is 0 Å². The number of hydrogen-bond acceptors (Lipinski definition) is 2. The van der Waals surface area contributed by atoms with E-state index in [1.54, 1.807) is 0 Å². The molecule has 0 bridgehead atoms. The van der Waals surface area contributed by atoms with Gasteiger partial charge in [-0.2, -0.15) is 0 Å². The van der Waals surface area contributed by atoms with Crippen molar-refractivity contribution in [3.63, 3.8) is 0 Å². The second-order valence-corrected chi connectivity index (χ2v) is 4.99. The zero-order valence-electron chi connectivity index (χ0n) is 9.10. The van der Waals surface area contributed by atoms with Gasteiger partial charge in [-0.15, -0.1) is 0 Å². The maximum absolute atomic E-state index is 5.96. The molecule has 1 aliphatic rings. The van der Waals surface area contributed by atoms with E-state index < -0.39 is 0 Å². The topological polar surface area (TPSA) is 24.1 Å². The molecule has 0 unspecified atom stereocenters. The average Bonchev–Trinajstić information content (AvgIpc) is 2.32. The SMILES string of the molecule is Clc1ccc(CN[C@H]2CCCNC2)cc1Cl. The molecule has 0 radical (unpaired) electrons. The molecule has 1 aromatic carbocycles. The first-order chi connectivity index (χ1) is 7.75. The summed E-state index contributed by atoms with van der Waals surface area (Å²) < 4.78 is 0. The predicted molar refractivity (Wildman–Crippen MR) is 69.2 cm³/mol. The van der Waals surface area contributed by atoms with E-state index in [1.165, 1.54) is 18.4 Å². The van der Waals surface area contributed by atoms with Crippen LogP contribution in [0.2, 0.25) is 10.0 Å². The molecular formula is C12H16Cl2N2. The van der Waals surface area contributed by atoms with Crippen molar-refractivity contribution in [2.75, 3.05) is 13.1 Å². The normalized spacial score (nSPS) is 21.0. The van der Waals surface area contributed by atoms with Crippen molar-refractivity contribution < 1.29 is 0 Å². The standard InChI is InChI=1S/C12H16Cl2N2/c13-11-4-3-9(6-12(11)14)7-16-10-2-1-5-15-8-10/h3-4,6,10,15-16H,1-2,5,7-8H2/t10-/m0/s1. The molecule has 16 heavy (non-hydrogen) atoms. The third-order valence-electron chi connectivity index (χ3n) is 2.88. The van der Waals surface area contributed by atoms with Crippen LogP contribution in [-0.2, 0) is 6.54 Å². The Bertz CT molecular complexity index is 349. The highest BCUT2D eigenvalue weighted by Gasteiger charge is 2.11. The molecule has 2 N–H and O–H groups in total. The first-order valence-corrected chi connectivity index (χ1v) is 6.39. The smallest absolute Gasteiger partial charge is 0.0595 e. The van der Waals surface area contributed by atoms with Gasteiger partial charge in [0.2, 0.25) is 0 Å². The minimum atomic E-state index is 0.572. The van der Waals surface area contributed by atoms with Gasteiger partial charge in [0.1, 0.15) is 0 Å². The monoisotopic (exact) mass is 258 g/mol. The van der Waals surface area contributed by atoms with Gasteiger partial charge in [-0.25, -0.2) is 0 Å². The summed E-state index contributed by atoms with van der Waals surface area (Å²) in [4.78, 5) is 0. The minimum Gasteiger partial charge on any atom is -0.315 e. The molecule has 1 aromatic rings. The van der Waals surface area contributed by atoms with E-state index in [1.807, 2.05) is 18.2 Å². The fourth-order valence-electron chi connectivity index (χ4n) is 1.94. The number of hydrogen-bond donors (Lipinski definition) is 2. The van der Waals surface area contributed by atoms with Crippen molar-refractivity contribution in [1.82, 2.24) is 10.6 Å². The summed E-state index contributed by atoms with van der Waals surface area (Å²) in [5.74, 6) is 0. The van der Waals surface area contributed by atoms with E-state index in [0.29, 0.717) is 16.1 Å². The number of piperidine rings is 1. The lowest BCUT2D eigenvalue weighted by molar-refractivity contribution is 0.389. The van der Waals surface area contributed by atoms with Gasteiger partial charge in [-0.1, -0.05) is 29.3 Å². The third-order valence-corrected chi connectivity index (χ3v) is 3.61. The molecule has 0 saturated carbocycles. The van der Waals surface area contributed by atoms with Crippen LogP contribution in [0.1, 0.15) is 18.4 Å². The number of halogens is 2. The number of rotatable bonds is 3. The summed E-state index contributed by atoms with van der Waals surface area (Å²) in [6, 6.07) is 6.35. The molecule has 2 nitrogen and oxygen atoms in total. The maximum atomic E-state index is 5.96. The van der Waals surface area contributed by atoms with Crippen molar-refractivity contribution in [3.05, 3.63) is 33.8 Å². The Hall–Kier alpha value is -0.280. The lowest BCUT2D eigenvalue weighted by atomic mass is 10.1. The van der Waals surface area contributed by atoms with Gasteiger partial charge in [0.15, 0.2) is 0 Å². The summed E-state index contributed by atoms with van der Waals surface area (Å²) in [6.07, 6.45) is 2.49. The van der Waals surface area contributed by atoms with Crippen LogP contribution in [0.4, 0.5) is 0 Å². The molecule has 4 heteroatoms. The second kappa shape index (κ2) is 5.87. The molecule has 1 saturated heterocycles. The van der Waals surface area contributed by atoms with Crippen molar-refractivity contribution in [2.45, 2.75) is 25.4 Å². The quantitative estimate of drug-likeness (QED) is 0.872. The molecule has 1 atom stereocenters. The third kappa shape index (κ3) is 3.36. The summed E-state index contributed by atoms with van der Waals surface area (Å²) >= 11 is 11.8. The van der Waals surface area contributed by atoms with Crippen LogP contribution < -0.4 is 10.6 Å². The van der Waals surface area contributed by atoms with E-state index in [4.69, 9.17) is 23.2 Å². The fourth-order valence-corrected chi connectivity index (χ4v) is 2.26. The molecule has 1 heterocycles. The van der Waals surface area contributed by atoms with Gasteiger partial charge in [0, 0.05) is 19.1 Å². The Balaban J connectivity index is 1.86. The summed E-state index contributed by atoms with van der Waals surface area (Å²) in [5.41, 5.74) is 1.18. The summed E-state index contributed by atoms with van der Waals surface area (Å²) in [6.45, 7) is 3.05. The second-order valence-electron chi connectivity index (χ2n) is 4.17. The van der Waals surface area contributed by atoms with Gasteiger partial charge in [0.05, 0.1) is 10.0 Å². The molecule has 88 valence electrons. The Labute approximate surface area is 106 Å². The molecule has 0 spiro atoms. The molecule has 0 aromatic heterocycles. The zero-order chi connectivity index (χ0) is 11.4. The average molecular weight is 259 g/mol. The molecule has 1 aliphatic heterocycles. The van der Waals surface area contributed by atoms with Crippen molar-refractivity contribution in [1.29, 1.82) is 0 Å². The number of benzene rings is 1. The summed E-state index contributed by atoms with van der Waals surface area (Å²) in [7, 11) is 0. The molecule has 0 aliphatic carbocycles. The molecule has 0 amide bonds. The molecule has 2 rings (SSSR count). The van der Waals surface area contributed by atoms with Gasteiger partial charge >= 0.3 is 0 Å². The lowest BCUT2D eigenvalue weighted by Crippen LogP contribution is -2.42. The van der Waals surface area contributed by atoms with Crippen LogP contribution in [0.25, 0.3) is 0 Å². The first-order valence-electron chi connectivity index (χ1n) is 5.64. The van der Waals surface area contributed by atoms with Gasteiger partial charge in [-0.05, 0) is 37.1 Å². The fraction of sp³-hybridized carbons (Fsp3) is 0.500. The Morgan fingerprint density at radius 3 is 2.88 bits per heavy atom. The largest absolute Gasteiger partial charge is 0.315 e. The number of nitrogens with one attached hydrogen (secondary N) is 2. The molecular weight excluding hydrogens is 243 g/mol. The Morgan fingerprint density at radius 2 is 2.19 bits per heavy atom. The predicted octanol–water partition coefficient (Wildman–Crippen LogP) is 2.84. The Kier molecular flexibility index (Phi) is 4.47. The van der Waals surface area contributed by atoms with Crippen LogP contribution in [-0.4, -0.2) is 19.1 Å². The van der Waals surface area contributed by atoms with Gasteiger partial charge in [-0.3, -0.25) is 0 Å². The van der Waals surface area contributed by atoms with E-state index in [2.05, 4.69) is 10.6 Å². The molecule has 1 fully saturated rings. The van der Waals surface area contributed by atoms with Crippen LogP contribution in [0.5, 0.6) is 0 Å². The van der Waals surface area contributed by atoms with E-state index in [0.717, 1.165) is 19.6 Å². The van der Waals surface area contributed by atoms with Crippen LogP contribution in [0.15, 0.2) is 18.2 Å². The van der Waals surface area contributed by atoms with Gasteiger partial charge in [0.25, 0.3) is 0 Å². The van der Waals surface area contributed by atoms with Crippen LogP contribution >= 0.6 is 23.2 Å². The first kappa shape index (κ1) is 12.2. The van der Waals surface area contributed by atoms with Crippen molar-refractivity contribution >= 4 is 23.2 Å². The van der Waals surface area contributed by atoms with Crippen LogP contribution in [0, 0.1) is 0 Å². The lowest BCUT2D eigenvalue weighted by Gasteiger charge is -2.24. The minimum absolute atomic E-state index is 0.572. The van der Waals surface area contributed by atoms with Crippen molar-refractivity contribution in [3.8, 4) is 0 Å². The highest BCUT2D eigenvalue weighted by molar-refractivity contribution is 6.42. The highest BCUT2D eigenvalue weighted by atomic mass is 35.5. The summed E-state index contributed by atoms with van der Waals surface area (Å²) in [5, 5.41) is 8.15. The van der Waals surface area contributed by atoms with E-state index >= 15 is 0 Å². The maximum Gasteiger partial charge on any atom is 0.0595 e. The van der Waals surface area contributed by atoms with Gasteiger partial charge < -0.3 is 10.6 Å². The zero-order valence-corrected chi connectivity index (χ0v) is 10.6. The van der Waals surface area contributed by atoms with Crippen molar-refractivity contribution in [2.24, 2.45) is 0 Å². The van der Waals surface area contributed by atoms with Crippen LogP contribution in [0.3, 0.4) is 0 Å². The highest BCUT2D eigenvalue weighted by Crippen LogP contribution is 2.22. The Morgan fingerprint density at radius 1 is 1.31 bits per heavy atom. The van der Waals surface area contributed by atoms with E-state index in [9.17, 15) is 0 Å².